The summed E-state index contributed by atoms with van der Waals surface area (Å²) in [5.41, 5.74) is 0.892. The highest BCUT2D eigenvalue weighted by Gasteiger charge is 2.57. The molecule has 1 fully saturated rings. The van der Waals surface area contributed by atoms with Gasteiger partial charge in [-0.05, 0) is 12.0 Å². The van der Waals surface area contributed by atoms with Crippen LogP contribution in [0.3, 0.4) is 0 Å². The summed E-state index contributed by atoms with van der Waals surface area (Å²) in [6, 6.07) is 9.30. The first-order chi connectivity index (χ1) is 9.51. The van der Waals surface area contributed by atoms with Gasteiger partial charge in [0.2, 0.25) is 0 Å². The second kappa shape index (κ2) is 6.31. The number of carbonyl (C=O) groups excluding carboxylic acids is 1. The predicted octanol–water partition coefficient (Wildman–Crippen LogP) is 3.18. The van der Waals surface area contributed by atoms with Crippen LogP contribution in [0.1, 0.15) is 24.8 Å². The third-order valence-electron chi connectivity index (χ3n) is 3.47. The van der Waals surface area contributed by atoms with Crippen molar-refractivity contribution in [2.24, 2.45) is 5.92 Å². The zero-order valence-corrected chi connectivity index (χ0v) is 11.4. The fourth-order valence-corrected chi connectivity index (χ4v) is 2.09. The Morgan fingerprint density at radius 2 is 2.05 bits per heavy atom. The number of hydrogen-bond donors (Lipinski definition) is 0. The summed E-state index contributed by atoms with van der Waals surface area (Å²) >= 11 is 0. The molecule has 5 heteroatoms. The van der Waals surface area contributed by atoms with Gasteiger partial charge in [-0.25, -0.2) is 8.78 Å². The molecule has 1 aliphatic carbocycles. The second-order valence-electron chi connectivity index (χ2n) is 5.11. The van der Waals surface area contributed by atoms with Crippen LogP contribution in [-0.4, -0.2) is 25.1 Å². The van der Waals surface area contributed by atoms with Crippen LogP contribution in [0.2, 0.25) is 0 Å². The van der Waals surface area contributed by atoms with Gasteiger partial charge in [-0.1, -0.05) is 30.3 Å². The monoisotopic (exact) mass is 284 g/mol. The molecule has 2 atom stereocenters. The average molecular weight is 284 g/mol. The normalized spacial score (nSPS) is 21.2. The van der Waals surface area contributed by atoms with Gasteiger partial charge in [-0.15, -0.1) is 0 Å². The smallest absolute Gasteiger partial charge is 0.308 e. The first-order valence-electron chi connectivity index (χ1n) is 6.61. The molecule has 1 saturated carbocycles. The SMILES string of the molecule is COC(CC(=O)OCc1ccccc1)CC1CC1(F)F. The van der Waals surface area contributed by atoms with Crippen molar-refractivity contribution in [3.63, 3.8) is 0 Å². The number of hydrogen-bond acceptors (Lipinski definition) is 3. The molecule has 0 radical (unpaired) electrons. The molecule has 0 saturated heterocycles. The molecular formula is C15H18F2O3. The standard InChI is InChI=1S/C15H18F2O3/c1-19-13(7-12-9-15(12,16)17)8-14(18)20-10-11-5-3-2-4-6-11/h2-6,12-13H,7-10H2,1H3. The van der Waals surface area contributed by atoms with E-state index in [1.54, 1.807) is 0 Å². The molecule has 0 bridgehead atoms. The van der Waals surface area contributed by atoms with Crippen LogP contribution in [0, 0.1) is 5.92 Å². The zero-order valence-electron chi connectivity index (χ0n) is 11.4. The van der Waals surface area contributed by atoms with Gasteiger partial charge in [0.1, 0.15) is 6.61 Å². The molecule has 0 heterocycles. The Morgan fingerprint density at radius 1 is 1.40 bits per heavy atom. The Morgan fingerprint density at radius 3 is 2.60 bits per heavy atom. The molecular weight excluding hydrogens is 266 g/mol. The van der Waals surface area contributed by atoms with E-state index < -0.39 is 23.9 Å². The maximum atomic E-state index is 12.8. The van der Waals surface area contributed by atoms with Gasteiger partial charge < -0.3 is 9.47 Å². The average Bonchev–Trinajstić information content (AvgIpc) is 3.04. The van der Waals surface area contributed by atoms with Crippen LogP contribution < -0.4 is 0 Å². The number of rotatable bonds is 7. The Kier molecular flexibility index (Phi) is 4.70. The third kappa shape index (κ3) is 4.27. The van der Waals surface area contributed by atoms with Crippen molar-refractivity contribution in [1.82, 2.24) is 0 Å². The van der Waals surface area contributed by atoms with E-state index in [1.807, 2.05) is 30.3 Å². The number of benzene rings is 1. The number of esters is 1. The molecule has 2 rings (SSSR count). The van der Waals surface area contributed by atoms with Gasteiger partial charge in [0, 0.05) is 19.4 Å². The van der Waals surface area contributed by atoms with E-state index in [9.17, 15) is 13.6 Å². The quantitative estimate of drug-likeness (QED) is 0.721. The van der Waals surface area contributed by atoms with Crippen LogP contribution >= 0.6 is 0 Å². The molecule has 1 aromatic carbocycles. The molecule has 1 aromatic rings. The van der Waals surface area contributed by atoms with Gasteiger partial charge in [-0.2, -0.15) is 0 Å². The fraction of sp³-hybridized carbons (Fsp3) is 0.533. The van der Waals surface area contributed by atoms with Crippen LogP contribution in [0.5, 0.6) is 0 Å². The van der Waals surface area contributed by atoms with Crippen molar-refractivity contribution in [1.29, 1.82) is 0 Å². The van der Waals surface area contributed by atoms with Gasteiger partial charge >= 0.3 is 5.97 Å². The molecule has 0 spiro atoms. The van der Waals surface area contributed by atoms with Gasteiger partial charge in [0.05, 0.1) is 12.5 Å². The summed E-state index contributed by atoms with van der Waals surface area (Å²) < 4.78 is 35.8. The van der Waals surface area contributed by atoms with Gasteiger partial charge in [-0.3, -0.25) is 4.79 Å². The van der Waals surface area contributed by atoms with Crippen molar-refractivity contribution in [2.45, 2.75) is 37.9 Å². The Bertz CT molecular complexity index is 448. The second-order valence-corrected chi connectivity index (χ2v) is 5.11. The van der Waals surface area contributed by atoms with Gasteiger partial charge in [0.15, 0.2) is 0 Å². The van der Waals surface area contributed by atoms with Crippen molar-refractivity contribution < 1.29 is 23.0 Å². The summed E-state index contributed by atoms with van der Waals surface area (Å²) in [6.07, 6.45) is -0.400. The minimum Gasteiger partial charge on any atom is -0.461 e. The van der Waals surface area contributed by atoms with Crippen LogP contribution in [0.15, 0.2) is 30.3 Å². The Labute approximate surface area is 116 Å². The van der Waals surface area contributed by atoms with E-state index in [1.165, 1.54) is 7.11 Å². The fourth-order valence-electron chi connectivity index (χ4n) is 2.09. The minimum absolute atomic E-state index is 0.00983. The largest absolute Gasteiger partial charge is 0.461 e. The van der Waals surface area contributed by atoms with Crippen molar-refractivity contribution in [2.75, 3.05) is 7.11 Å². The molecule has 0 aliphatic heterocycles. The lowest BCUT2D eigenvalue weighted by molar-refractivity contribution is -0.148. The summed E-state index contributed by atoms with van der Waals surface area (Å²) in [7, 11) is 1.43. The third-order valence-corrected chi connectivity index (χ3v) is 3.47. The van der Waals surface area contributed by atoms with E-state index in [4.69, 9.17) is 9.47 Å². The number of methoxy groups -OCH3 is 1. The molecule has 3 nitrogen and oxygen atoms in total. The summed E-state index contributed by atoms with van der Waals surface area (Å²) in [6.45, 7) is 0.190. The van der Waals surface area contributed by atoms with E-state index in [0.29, 0.717) is 0 Å². The Balaban J connectivity index is 1.72. The van der Waals surface area contributed by atoms with E-state index in [-0.39, 0.29) is 25.9 Å². The number of halogens is 2. The topological polar surface area (TPSA) is 35.5 Å². The van der Waals surface area contributed by atoms with Gasteiger partial charge in [0.25, 0.3) is 5.92 Å². The lowest BCUT2D eigenvalue weighted by Gasteiger charge is -2.14. The van der Waals surface area contributed by atoms with Crippen LogP contribution in [0.25, 0.3) is 0 Å². The Hall–Kier alpha value is -1.49. The highest BCUT2D eigenvalue weighted by atomic mass is 19.3. The van der Waals surface area contributed by atoms with Crippen molar-refractivity contribution in [3.8, 4) is 0 Å². The zero-order chi connectivity index (χ0) is 14.6. The first-order valence-corrected chi connectivity index (χ1v) is 6.61. The number of alkyl halides is 2. The highest BCUT2D eigenvalue weighted by Crippen LogP contribution is 2.51. The molecule has 0 amide bonds. The van der Waals surface area contributed by atoms with E-state index in [2.05, 4.69) is 0 Å². The number of ether oxygens (including phenoxy) is 2. The van der Waals surface area contributed by atoms with E-state index in [0.717, 1.165) is 5.56 Å². The lowest BCUT2D eigenvalue weighted by Crippen LogP contribution is -2.19. The molecule has 1 aliphatic rings. The molecule has 0 N–H and O–H groups in total. The van der Waals surface area contributed by atoms with Crippen molar-refractivity contribution in [3.05, 3.63) is 35.9 Å². The molecule has 0 aromatic heterocycles. The summed E-state index contributed by atoms with van der Waals surface area (Å²) in [5.74, 6) is -3.66. The summed E-state index contributed by atoms with van der Waals surface area (Å²) in [5, 5.41) is 0. The highest BCUT2D eigenvalue weighted by molar-refractivity contribution is 5.70. The molecule has 110 valence electrons. The molecule has 2 unspecified atom stereocenters. The first kappa shape index (κ1) is 14.9. The van der Waals surface area contributed by atoms with E-state index >= 15 is 0 Å². The molecule has 20 heavy (non-hydrogen) atoms. The number of carbonyl (C=O) groups is 1. The maximum absolute atomic E-state index is 12.8. The van der Waals surface area contributed by atoms with Crippen LogP contribution in [0.4, 0.5) is 8.78 Å². The predicted molar refractivity (Wildman–Crippen MR) is 69.3 cm³/mol. The maximum Gasteiger partial charge on any atom is 0.308 e. The lowest BCUT2D eigenvalue weighted by atomic mass is 10.1. The van der Waals surface area contributed by atoms with Crippen molar-refractivity contribution >= 4 is 5.97 Å². The van der Waals surface area contributed by atoms with Crippen LogP contribution in [-0.2, 0) is 20.9 Å². The summed E-state index contributed by atoms with van der Waals surface area (Å²) in [4.78, 5) is 11.7. The minimum atomic E-state index is -2.58.